The van der Waals surface area contributed by atoms with E-state index in [9.17, 15) is 19.5 Å². The van der Waals surface area contributed by atoms with Crippen molar-refractivity contribution in [2.24, 2.45) is 5.73 Å². The van der Waals surface area contributed by atoms with Gasteiger partial charge in [-0.05, 0) is 73.1 Å². The van der Waals surface area contributed by atoms with Crippen LogP contribution in [0.3, 0.4) is 0 Å². The summed E-state index contributed by atoms with van der Waals surface area (Å²) in [6, 6.07) is 11.8. The highest BCUT2D eigenvalue weighted by molar-refractivity contribution is 5.98. The molecule has 2 bridgehead atoms. The number of carboxylic acids is 1. The zero-order valence-electron chi connectivity index (χ0n) is 22.4. The quantitative estimate of drug-likeness (QED) is 0.443. The first-order chi connectivity index (χ1) is 18.1. The van der Waals surface area contributed by atoms with Gasteiger partial charge in [-0.1, -0.05) is 30.3 Å². The molecule has 2 aliphatic rings. The Morgan fingerprint density at radius 1 is 1.08 bits per heavy atom. The third kappa shape index (κ3) is 6.42. The molecular formula is C30H37N3O5. The van der Waals surface area contributed by atoms with Gasteiger partial charge in [0.25, 0.3) is 0 Å². The predicted molar refractivity (Wildman–Crippen MR) is 146 cm³/mol. The van der Waals surface area contributed by atoms with Gasteiger partial charge < -0.3 is 25.8 Å². The Morgan fingerprint density at radius 2 is 1.82 bits per heavy atom. The van der Waals surface area contributed by atoms with E-state index < -0.39 is 17.9 Å². The molecule has 2 amide bonds. The minimum atomic E-state index is -0.972. The van der Waals surface area contributed by atoms with E-state index >= 15 is 0 Å². The molecule has 4 N–H and O–H groups in total. The Kier molecular flexibility index (Phi) is 8.52. The first-order valence-corrected chi connectivity index (χ1v) is 13.2. The van der Waals surface area contributed by atoms with Crippen LogP contribution in [0.1, 0.15) is 53.5 Å². The zero-order valence-corrected chi connectivity index (χ0v) is 22.4. The number of amides is 2. The average Bonchev–Trinajstić information content (AvgIpc) is 2.86. The number of hydrogen-bond acceptors (Lipinski definition) is 5. The molecule has 1 fully saturated rings. The van der Waals surface area contributed by atoms with Gasteiger partial charge in [0.2, 0.25) is 11.8 Å². The van der Waals surface area contributed by atoms with Crippen molar-refractivity contribution in [3.8, 4) is 5.75 Å². The van der Waals surface area contributed by atoms with Crippen LogP contribution >= 0.6 is 0 Å². The molecule has 2 heterocycles. The molecule has 2 aromatic carbocycles. The van der Waals surface area contributed by atoms with E-state index in [1.54, 1.807) is 4.90 Å². The number of nitrogens with two attached hydrogens (primary N) is 1. The monoisotopic (exact) mass is 519 g/mol. The fourth-order valence-electron chi connectivity index (χ4n) is 5.44. The maximum atomic E-state index is 12.7. The predicted octanol–water partition coefficient (Wildman–Crippen LogP) is 3.30. The second kappa shape index (κ2) is 11.8. The number of nitrogens with one attached hydrogen (secondary N) is 1. The summed E-state index contributed by atoms with van der Waals surface area (Å²) in [6.45, 7) is 7.59. The second-order valence-corrected chi connectivity index (χ2v) is 10.4. The van der Waals surface area contributed by atoms with Crippen molar-refractivity contribution in [1.29, 1.82) is 0 Å². The van der Waals surface area contributed by atoms with E-state index in [1.165, 1.54) is 11.1 Å². The number of ether oxygens (including phenoxy) is 1. The molecular weight excluding hydrogens is 482 g/mol. The van der Waals surface area contributed by atoms with Crippen LogP contribution < -0.4 is 15.8 Å². The minimum Gasteiger partial charge on any atom is -0.493 e. The molecule has 1 saturated heterocycles. The molecule has 4 rings (SSSR count). The molecule has 2 aliphatic heterocycles. The smallest absolute Gasteiger partial charge is 0.333 e. The Labute approximate surface area is 223 Å². The van der Waals surface area contributed by atoms with Crippen molar-refractivity contribution in [3.63, 3.8) is 0 Å². The summed E-state index contributed by atoms with van der Waals surface area (Å²) in [5, 5.41) is 13.5. The van der Waals surface area contributed by atoms with Gasteiger partial charge in [-0.15, -0.1) is 0 Å². The number of fused-ring (bicyclic) bond motifs is 2. The summed E-state index contributed by atoms with van der Waals surface area (Å²) in [4.78, 5) is 37.7. The van der Waals surface area contributed by atoms with Crippen LogP contribution in [0.4, 0.5) is 0 Å². The summed E-state index contributed by atoms with van der Waals surface area (Å²) < 4.78 is 6.06. The van der Waals surface area contributed by atoms with E-state index in [1.807, 2.05) is 24.3 Å². The zero-order chi connectivity index (χ0) is 27.4. The molecule has 2 aromatic rings. The van der Waals surface area contributed by atoms with Gasteiger partial charge in [0, 0.05) is 38.4 Å². The largest absolute Gasteiger partial charge is 0.493 e. The van der Waals surface area contributed by atoms with E-state index in [0.717, 1.165) is 34.4 Å². The summed E-state index contributed by atoms with van der Waals surface area (Å²) in [7, 11) is 0. The lowest BCUT2D eigenvalue weighted by Crippen LogP contribution is -2.61. The van der Waals surface area contributed by atoms with E-state index in [0.29, 0.717) is 38.1 Å². The number of primary amides is 1. The maximum absolute atomic E-state index is 12.7. The van der Waals surface area contributed by atoms with Crippen molar-refractivity contribution in [2.75, 3.05) is 19.7 Å². The Bertz CT molecular complexity index is 1250. The van der Waals surface area contributed by atoms with Gasteiger partial charge in [0.15, 0.2) is 0 Å². The van der Waals surface area contributed by atoms with E-state index in [2.05, 4.69) is 38.2 Å². The third-order valence-electron chi connectivity index (χ3n) is 7.52. The van der Waals surface area contributed by atoms with Crippen LogP contribution in [0, 0.1) is 20.8 Å². The molecule has 2 atom stereocenters. The molecule has 0 saturated carbocycles. The van der Waals surface area contributed by atoms with Gasteiger partial charge in [0.05, 0.1) is 18.2 Å². The number of piperazine rings is 1. The highest BCUT2D eigenvalue weighted by atomic mass is 16.5. The lowest BCUT2D eigenvalue weighted by atomic mass is 9.83. The molecule has 0 spiro atoms. The number of carbonyl (C=O) groups is 3. The number of aliphatic carboxylic acids is 1. The van der Waals surface area contributed by atoms with Crippen LogP contribution in [-0.2, 0) is 20.8 Å². The number of rotatable bonds is 10. The number of hydrogen-bond donors (Lipinski definition) is 3. The fraction of sp³-hybridized carbons (Fsp3) is 0.433. The van der Waals surface area contributed by atoms with Gasteiger partial charge >= 0.3 is 5.97 Å². The Hall–Kier alpha value is -3.65. The molecule has 0 radical (unpaired) electrons. The van der Waals surface area contributed by atoms with Crippen molar-refractivity contribution < 1.29 is 24.2 Å². The molecule has 8 heteroatoms. The fourth-order valence-corrected chi connectivity index (χ4v) is 5.44. The molecule has 8 nitrogen and oxygen atoms in total. The standard InChI is InChI=1S/C30H37N3O5/c1-18-13-19(2)20(3)26(14-18)38-12-11-21-7-9-22(10-8-21)24-15-23-16-33(28(35)6-4-5-27(31)34)17-25(32-23)29(24)30(36)37/h7-10,13-14,23,25,32H,4-6,11-12,15-17H2,1-3H3,(H2,31,34)(H,36,37). The number of carboxylic acid groups (broad SMARTS) is 1. The van der Waals surface area contributed by atoms with E-state index in [-0.39, 0.29) is 24.8 Å². The second-order valence-electron chi connectivity index (χ2n) is 10.4. The Balaban J connectivity index is 1.43. The number of benzene rings is 2. The summed E-state index contributed by atoms with van der Waals surface area (Å²) in [5.74, 6) is -0.554. The molecule has 0 aromatic heterocycles. The first kappa shape index (κ1) is 27.4. The minimum absolute atomic E-state index is 0.0268. The summed E-state index contributed by atoms with van der Waals surface area (Å²) in [6.07, 6.45) is 2.08. The first-order valence-electron chi connectivity index (χ1n) is 13.2. The van der Waals surface area contributed by atoms with Gasteiger partial charge in [-0.2, -0.15) is 0 Å². The van der Waals surface area contributed by atoms with Gasteiger partial charge in [-0.25, -0.2) is 4.79 Å². The lowest BCUT2D eigenvalue weighted by molar-refractivity contribution is -0.136. The molecule has 202 valence electrons. The van der Waals surface area contributed by atoms with Crippen LogP contribution in [0.2, 0.25) is 0 Å². The number of carbonyl (C=O) groups excluding carboxylic acids is 2. The Morgan fingerprint density at radius 3 is 2.50 bits per heavy atom. The molecule has 38 heavy (non-hydrogen) atoms. The van der Waals surface area contributed by atoms with Crippen molar-refractivity contribution >= 4 is 23.4 Å². The lowest BCUT2D eigenvalue weighted by Gasteiger charge is -2.43. The molecule has 2 unspecified atom stereocenters. The highest BCUT2D eigenvalue weighted by Crippen LogP contribution is 2.33. The van der Waals surface area contributed by atoms with Crippen molar-refractivity contribution in [1.82, 2.24) is 10.2 Å². The summed E-state index contributed by atoms with van der Waals surface area (Å²) in [5.41, 5.74) is 11.9. The van der Waals surface area contributed by atoms with Crippen molar-refractivity contribution in [3.05, 3.63) is 69.8 Å². The summed E-state index contributed by atoms with van der Waals surface area (Å²) >= 11 is 0. The number of aryl methyl sites for hydroxylation is 2. The van der Waals surface area contributed by atoms with E-state index in [4.69, 9.17) is 10.5 Å². The van der Waals surface area contributed by atoms with Crippen LogP contribution in [0.5, 0.6) is 5.75 Å². The van der Waals surface area contributed by atoms with Crippen molar-refractivity contribution in [2.45, 2.75) is 65.0 Å². The number of nitrogens with zero attached hydrogens (tertiary/aromatic N) is 1. The average molecular weight is 520 g/mol. The van der Waals surface area contributed by atoms with Gasteiger partial charge in [0.1, 0.15) is 5.75 Å². The SMILES string of the molecule is Cc1cc(C)c(C)c(OCCc2ccc(C3=C(C(=O)O)C4CN(C(=O)CCCC(N)=O)CC(C3)N4)cc2)c1. The normalized spacial score (nSPS) is 18.9. The topological polar surface area (TPSA) is 122 Å². The molecule has 0 aliphatic carbocycles. The van der Waals surface area contributed by atoms with Crippen LogP contribution in [-0.4, -0.2) is 59.6 Å². The van der Waals surface area contributed by atoms with Crippen LogP contribution in [0.15, 0.2) is 42.0 Å². The third-order valence-corrected chi connectivity index (χ3v) is 7.52. The maximum Gasteiger partial charge on any atom is 0.333 e. The van der Waals surface area contributed by atoms with Gasteiger partial charge in [-0.3, -0.25) is 9.59 Å². The highest BCUT2D eigenvalue weighted by Gasteiger charge is 2.39. The van der Waals surface area contributed by atoms with Crippen LogP contribution in [0.25, 0.3) is 5.57 Å².